The SMILES string of the molecule is CN1CCN(C(=O)C2CCC(O)CC2)C[C@H]1c1ccccc1. The lowest BCUT2D eigenvalue weighted by molar-refractivity contribution is -0.140. The highest BCUT2D eigenvalue weighted by Crippen LogP contribution is 2.29. The number of piperazine rings is 1. The van der Waals surface area contributed by atoms with E-state index >= 15 is 0 Å². The number of carbonyl (C=O) groups is 1. The minimum atomic E-state index is -0.200. The molecule has 1 N–H and O–H groups in total. The van der Waals surface area contributed by atoms with Crippen LogP contribution in [0.25, 0.3) is 0 Å². The summed E-state index contributed by atoms with van der Waals surface area (Å²) < 4.78 is 0. The molecule has 1 atom stereocenters. The van der Waals surface area contributed by atoms with E-state index in [1.165, 1.54) is 5.56 Å². The van der Waals surface area contributed by atoms with Crippen LogP contribution in [0.15, 0.2) is 30.3 Å². The summed E-state index contributed by atoms with van der Waals surface area (Å²) >= 11 is 0. The number of benzene rings is 1. The third-order valence-electron chi connectivity index (χ3n) is 5.19. The zero-order chi connectivity index (χ0) is 15.5. The highest BCUT2D eigenvalue weighted by Gasteiger charge is 2.33. The standard InChI is InChI=1S/C18H26N2O2/c1-19-11-12-20(13-17(19)14-5-3-2-4-6-14)18(22)15-7-9-16(21)10-8-15/h2-6,15-17,21H,7-13H2,1H3/t15?,16?,17-/m0/s1. The molecule has 0 unspecified atom stereocenters. The van der Waals surface area contributed by atoms with Crippen molar-refractivity contribution < 1.29 is 9.90 Å². The third-order valence-corrected chi connectivity index (χ3v) is 5.19. The van der Waals surface area contributed by atoms with E-state index in [-0.39, 0.29) is 18.1 Å². The molecule has 1 aliphatic heterocycles. The average molecular weight is 302 g/mol. The fourth-order valence-electron chi connectivity index (χ4n) is 3.69. The summed E-state index contributed by atoms with van der Waals surface area (Å²) in [6.45, 7) is 2.51. The van der Waals surface area contributed by atoms with E-state index in [4.69, 9.17) is 0 Å². The number of rotatable bonds is 2. The summed E-state index contributed by atoms with van der Waals surface area (Å²) in [5.41, 5.74) is 1.28. The molecule has 0 radical (unpaired) electrons. The molecule has 1 aliphatic carbocycles. The van der Waals surface area contributed by atoms with Gasteiger partial charge >= 0.3 is 0 Å². The first-order valence-electron chi connectivity index (χ1n) is 8.37. The van der Waals surface area contributed by atoms with E-state index < -0.39 is 0 Å². The topological polar surface area (TPSA) is 43.8 Å². The van der Waals surface area contributed by atoms with Crippen LogP contribution in [0.4, 0.5) is 0 Å². The molecule has 3 rings (SSSR count). The normalized spacial score (nSPS) is 30.3. The van der Waals surface area contributed by atoms with Crippen LogP contribution in [0.3, 0.4) is 0 Å². The smallest absolute Gasteiger partial charge is 0.225 e. The van der Waals surface area contributed by atoms with Crippen molar-refractivity contribution in [3.05, 3.63) is 35.9 Å². The first-order chi connectivity index (χ1) is 10.6. The molecular weight excluding hydrogens is 276 g/mol. The molecule has 2 aliphatic rings. The van der Waals surface area contributed by atoms with Gasteiger partial charge in [0.15, 0.2) is 0 Å². The molecule has 1 saturated carbocycles. The van der Waals surface area contributed by atoms with Crippen LogP contribution in [-0.2, 0) is 4.79 Å². The molecule has 0 aromatic heterocycles. The Morgan fingerprint density at radius 3 is 2.45 bits per heavy atom. The second-order valence-corrected chi connectivity index (χ2v) is 6.70. The Balaban J connectivity index is 1.66. The molecule has 1 heterocycles. The van der Waals surface area contributed by atoms with Crippen molar-refractivity contribution in [3.63, 3.8) is 0 Å². The number of nitrogens with zero attached hydrogens (tertiary/aromatic N) is 2. The van der Waals surface area contributed by atoms with Crippen LogP contribution < -0.4 is 0 Å². The summed E-state index contributed by atoms with van der Waals surface area (Å²) in [7, 11) is 2.14. The molecule has 2 fully saturated rings. The Morgan fingerprint density at radius 2 is 1.77 bits per heavy atom. The maximum Gasteiger partial charge on any atom is 0.225 e. The lowest BCUT2D eigenvalue weighted by atomic mass is 9.86. The summed E-state index contributed by atoms with van der Waals surface area (Å²) in [6.07, 6.45) is 3.01. The summed E-state index contributed by atoms with van der Waals surface area (Å²) in [4.78, 5) is 17.1. The van der Waals surface area contributed by atoms with Gasteiger partial charge in [-0.25, -0.2) is 0 Å². The van der Waals surface area contributed by atoms with Gasteiger partial charge in [0.05, 0.1) is 12.1 Å². The highest BCUT2D eigenvalue weighted by atomic mass is 16.3. The molecule has 1 amide bonds. The third kappa shape index (κ3) is 3.33. The van der Waals surface area contributed by atoms with Crippen LogP contribution in [-0.4, -0.2) is 53.6 Å². The van der Waals surface area contributed by atoms with Crippen molar-refractivity contribution in [1.82, 2.24) is 9.80 Å². The molecular formula is C18H26N2O2. The van der Waals surface area contributed by atoms with E-state index in [0.29, 0.717) is 5.91 Å². The van der Waals surface area contributed by atoms with Crippen LogP contribution in [0.5, 0.6) is 0 Å². The first kappa shape index (κ1) is 15.5. The van der Waals surface area contributed by atoms with E-state index in [1.807, 2.05) is 11.0 Å². The van der Waals surface area contributed by atoms with Gasteiger partial charge in [-0.1, -0.05) is 30.3 Å². The molecule has 1 aromatic carbocycles. The van der Waals surface area contributed by atoms with E-state index in [9.17, 15) is 9.90 Å². The molecule has 4 nitrogen and oxygen atoms in total. The number of hydrogen-bond donors (Lipinski definition) is 1. The van der Waals surface area contributed by atoms with Gasteiger partial charge in [0.2, 0.25) is 5.91 Å². The lowest BCUT2D eigenvalue weighted by Crippen LogP contribution is -2.51. The van der Waals surface area contributed by atoms with Crippen LogP contribution in [0.1, 0.15) is 37.3 Å². The van der Waals surface area contributed by atoms with Crippen molar-refractivity contribution in [2.75, 3.05) is 26.7 Å². The largest absolute Gasteiger partial charge is 0.393 e. The van der Waals surface area contributed by atoms with Gasteiger partial charge in [-0.3, -0.25) is 9.69 Å². The van der Waals surface area contributed by atoms with Gasteiger partial charge in [-0.15, -0.1) is 0 Å². The number of hydrogen-bond acceptors (Lipinski definition) is 3. The van der Waals surface area contributed by atoms with Crippen LogP contribution in [0.2, 0.25) is 0 Å². The molecule has 22 heavy (non-hydrogen) atoms. The Kier molecular flexibility index (Phi) is 4.79. The number of carbonyl (C=O) groups excluding carboxylic acids is 1. The molecule has 1 aromatic rings. The van der Waals surface area contributed by atoms with Crippen LogP contribution >= 0.6 is 0 Å². The van der Waals surface area contributed by atoms with Crippen molar-refractivity contribution in [1.29, 1.82) is 0 Å². The molecule has 0 spiro atoms. The quantitative estimate of drug-likeness (QED) is 0.909. The summed E-state index contributed by atoms with van der Waals surface area (Å²) in [6, 6.07) is 10.7. The van der Waals surface area contributed by atoms with Gasteiger partial charge in [0.25, 0.3) is 0 Å². The number of aliphatic hydroxyl groups is 1. The predicted molar refractivity (Wildman–Crippen MR) is 86.4 cm³/mol. The van der Waals surface area contributed by atoms with Gasteiger partial charge in [0.1, 0.15) is 0 Å². The lowest BCUT2D eigenvalue weighted by Gasteiger charge is -2.41. The first-order valence-corrected chi connectivity index (χ1v) is 8.37. The fourth-order valence-corrected chi connectivity index (χ4v) is 3.69. The Hall–Kier alpha value is -1.39. The Morgan fingerprint density at radius 1 is 1.09 bits per heavy atom. The van der Waals surface area contributed by atoms with Crippen LogP contribution in [0, 0.1) is 5.92 Å². The molecule has 120 valence electrons. The van der Waals surface area contributed by atoms with E-state index in [0.717, 1.165) is 45.3 Å². The van der Waals surface area contributed by atoms with Gasteiger partial charge in [-0.05, 0) is 38.3 Å². The zero-order valence-corrected chi connectivity index (χ0v) is 13.3. The minimum Gasteiger partial charge on any atom is -0.393 e. The fraction of sp³-hybridized carbons (Fsp3) is 0.611. The van der Waals surface area contributed by atoms with Gasteiger partial charge in [0, 0.05) is 25.6 Å². The Bertz CT molecular complexity index is 497. The summed E-state index contributed by atoms with van der Waals surface area (Å²) in [5, 5.41) is 9.61. The molecule has 0 bridgehead atoms. The van der Waals surface area contributed by atoms with E-state index in [1.54, 1.807) is 0 Å². The maximum absolute atomic E-state index is 12.8. The minimum absolute atomic E-state index is 0.114. The average Bonchev–Trinajstić information content (AvgIpc) is 2.56. The number of aliphatic hydroxyl groups excluding tert-OH is 1. The molecule has 1 saturated heterocycles. The van der Waals surface area contributed by atoms with Crippen molar-refractivity contribution in [3.8, 4) is 0 Å². The second-order valence-electron chi connectivity index (χ2n) is 6.70. The number of likely N-dealkylation sites (N-methyl/N-ethyl adjacent to an activating group) is 1. The highest BCUT2D eigenvalue weighted by molar-refractivity contribution is 5.79. The monoisotopic (exact) mass is 302 g/mol. The maximum atomic E-state index is 12.8. The zero-order valence-electron chi connectivity index (χ0n) is 13.3. The van der Waals surface area contributed by atoms with Crippen molar-refractivity contribution >= 4 is 5.91 Å². The van der Waals surface area contributed by atoms with Crippen molar-refractivity contribution in [2.24, 2.45) is 5.92 Å². The molecule has 4 heteroatoms. The van der Waals surface area contributed by atoms with Gasteiger partial charge in [-0.2, -0.15) is 0 Å². The van der Waals surface area contributed by atoms with Crippen molar-refractivity contribution in [2.45, 2.75) is 37.8 Å². The predicted octanol–water partition coefficient (Wildman–Crippen LogP) is 2.05. The number of amides is 1. The Labute approximate surface area is 132 Å². The van der Waals surface area contributed by atoms with E-state index in [2.05, 4.69) is 36.2 Å². The summed E-state index contributed by atoms with van der Waals surface area (Å²) in [5.74, 6) is 0.407. The van der Waals surface area contributed by atoms with Gasteiger partial charge < -0.3 is 10.0 Å². The second kappa shape index (κ2) is 6.80.